The van der Waals surface area contributed by atoms with Crippen molar-refractivity contribution < 1.29 is 9.53 Å². The lowest BCUT2D eigenvalue weighted by Crippen LogP contribution is -2.27. The Hall–Kier alpha value is -2.46. The molecule has 3 aromatic rings. The first-order chi connectivity index (χ1) is 11.6. The summed E-state index contributed by atoms with van der Waals surface area (Å²) in [6, 6.07) is 15.3. The van der Waals surface area contributed by atoms with Crippen LogP contribution in [0.4, 0.5) is 0 Å². The Labute approximate surface area is 146 Å². The molecule has 1 heterocycles. The molecule has 1 aromatic heterocycles. The van der Waals surface area contributed by atoms with Gasteiger partial charge in [0.2, 0.25) is 0 Å². The molecule has 124 valence electrons. The van der Waals surface area contributed by atoms with Crippen LogP contribution in [0.2, 0.25) is 5.02 Å². The summed E-state index contributed by atoms with van der Waals surface area (Å²) in [5.41, 5.74) is 2.72. The minimum atomic E-state index is -0.0929. The monoisotopic (exact) mass is 342 g/mol. The molecule has 0 aliphatic rings. The van der Waals surface area contributed by atoms with Crippen molar-refractivity contribution >= 4 is 28.4 Å². The Balaban J connectivity index is 1.72. The number of carbonyl (C=O) groups is 1. The lowest BCUT2D eigenvalue weighted by atomic mass is 10.1. The zero-order valence-electron chi connectivity index (χ0n) is 13.7. The molecule has 0 radical (unpaired) electrons. The predicted octanol–water partition coefficient (Wildman–Crippen LogP) is 3.81. The minimum absolute atomic E-state index is 0.0929. The number of benzene rings is 2. The Kier molecular flexibility index (Phi) is 4.76. The number of nitrogens with zero attached hydrogens (tertiary/aromatic N) is 1. The van der Waals surface area contributed by atoms with E-state index < -0.39 is 0 Å². The van der Waals surface area contributed by atoms with Crippen molar-refractivity contribution in [2.75, 3.05) is 13.7 Å². The number of hydrogen-bond donors (Lipinski definition) is 1. The molecule has 24 heavy (non-hydrogen) atoms. The third kappa shape index (κ3) is 3.24. The molecule has 1 N–H and O–H groups in total. The molecule has 5 heteroatoms. The van der Waals surface area contributed by atoms with Crippen molar-refractivity contribution in [3.8, 4) is 5.75 Å². The van der Waals surface area contributed by atoms with Crippen molar-refractivity contribution in [3.63, 3.8) is 0 Å². The predicted molar refractivity (Wildman–Crippen MR) is 97.0 cm³/mol. The van der Waals surface area contributed by atoms with E-state index in [0.29, 0.717) is 17.3 Å². The van der Waals surface area contributed by atoms with Gasteiger partial charge in [0.1, 0.15) is 11.4 Å². The number of hydrogen-bond acceptors (Lipinski definition) is 2. The number of fused-ring (bicyclic) bond motifs is 1. The van der Waals surface area contributed by atoms with Gasteiger partial charge >= 0.3 is 0 Å². The van der Waals surface area contributed by atoms with Gasteiger partial charge in [0.15, 0.2) is 0 Å². The van der Waals surface area contributed by atoms with Crippen LogP contribution in [-0.4, -0.2) is 24.1 Å². The van der Waals surface area contributed by atoms with Crippen LogP contribution in [0.25, 0.3) is 10.9 Å². The molecule has 4 nitrogen and oxygen atoms in total. The van der Waals surface area contributed by atoms with Crippen LogP contribution in [0, 0.1) is 0 Å². The van der Waals surface area contributed by atoms with Gasteiger partial charge in [0, 0.05) is 24.0 Å². The van der Waals surface area contributed by atoms with E-state index in [1.165, 1.54) is 0 Å². The third-order valence-corrected chi connectivity index (χ3v) is 4.36. The van der Waals surface area contributed by atoms with E-state index in [0.717, 1.165) is 28.6 Å². The molecular formula is C19H19ClN2O2. The minimum Gasteiger partial charge on any atom is -0.496 e. The van der Waals surface area contributed by atoms with Crippen LogP contribution in [0.1, 0.15) is 16.1 Å². The highest BCUT2D eigenvalue weighted by Crippen LogP contribution is 2.27. The van der Waals surface area contributed by atoms with Gasteiger partial charge < -0.3 is 14.6 Å². The first-order valence-electron chi connectivity index (χ1n) is 7.75. The van der Waals surface area contributed by atoms with E-state index in [1.807, 2.05) is 60.1 Å². The molecule has 0 unspecified atom stereocenters. The largest absolute Gasteiger partial charge is 0.496 e. The van der Waals surface area contributed by atoms with Gasteiger partial charge in [-0.1, -0.05) is 29.8 Å². The topological polar surface area (TPSA) is 43.3 Å². The van der Waals surface area contributed by atoms with Crippen molar-refractivity contribution in [1.29, 1.82) is 0 Å². The van der Waals surface area contributed by atoms with Gasteiger partial charge in [-0.2, -0.15) is 0 Å². The third-order valence-electron chi connectivity index (χ3n) is 4.11. The maximum Gasteiger partial charge on any atom is 0.267 e. The molecule has 2 aromatic carbocycles. The van der Waals surface area contributed by atoms with Gasteiger partial charge in [-0.3, -0.25) is 4.79 Å². The number of methoxy groups -OCH3 is 1. The zero-order chi connectivity index (χ0) is 17.1. The Morgan fingerprint density at radius 2 is 1.96 bits per heavy atom. The lowest BCUT2D eigenvalue weighted by molar-refractivity contribution is 0.0946. The zero-order valence-corrected chi connectivity index (χ0v) is 14.4. The normalized spacial score (nSPS) is 10.8. The number of ether oxygens (including phenoxy) is 1. The van der Waals surface area contributed by atoms with Gasteiger partial charge in [-0.25, -0.2) is 0 Å². The molecule has 0 aliphatic carbocycles. The Morgan fingerprint density at radius 3 is 2.67 bits per heavy atom. The first kappa shape index (κ1) is 16.4. The van der Waals surface area contributed by atoms with E-state index in [-0.39, 0.29) is 5.91 Å². The lowest BCUT2D eigenvalue weighted by Gasteiger charge is -2.07. The number of amides is 1. The Morgan fingerprint density at radius 1 is 1.21 bits per heavy atom. The average Bonchev–Trinajstić information content (AvgIpc) is 2.94. The molecule has 0 saturated heterocycles. The number of rotatable bonds is 5. The molecule has 1 amide bonds. The van der Waals surface area contributed by atoms with E-state index in [2.05, 4.69) is 5.32 Å². The molecular weight excluding hydrogens is 324 g/mol. The van der Waals surface area contributed by atoms with Crippen LogP contribution in [0.5, 0.6) is 5.75 Å². The highest BCUT2D eigenvalue weighted by Gasteiger charge is 2.15. The summed E-state index contributed by atoms with van der Waals surface area (Å²) in [4.78, 5) is 12.5. The number of halogens is 1. The molecule has 0 fully saturated rings. The van der Waals surface area contributed by atoms with E-state index in [4.69, 9.17) is 16.3 Å². The second-order valence-electron chi connectivity index (χ2n) is 5.61. The summed E-state index contributed by atoms with van der Waals surface area (Å²) in [5.74, 6) is 0.674. The van der Waals surface area contributed by atoms with Gasteiger partial charge in [-0.15, -0.1) is 0 Å². The molecule has 0 spiro atoms. The number of carbonyl (C=O) groups excluding carboxylic acids is 1. The van der Waals surface area contributed by atoms with Gasteiger partial charge in [0.25, 0.3) is 5.91 Å². The van der Waals surface area contributed by atoms with Crippen molar-refractivity contribution in [1.82, 2.24) is 9.88 Å². The van der Waals surface area contributed by atoms with E-state index >= 15 is 0 Å². The second kappa shape index (κ2) is 6.97. The molecule has 0 bridgehead atoms. The highest BCUT2D eigenvalue weighted by molar-refractivity contribution is 6.30. The van der Waals surface area contributed by atoms with Crippen molar-refractivity contribution in [2.45, 2.75) is 6.42 Å². The number of aromatic nitrogens is 1. The molecule has 0 aliphatic heterocycles. The van der Waals surface area contributed by atoms with Crippen LogP contribution in [0.15, 0.2) is 48.5 Å². The van der Waals surface area contributed by atoms with Crippen LogP contribution >= 0.6 is 11.6 Å². The second-order valence-corrected chi connectivity index (χ2v) is 6.05. The number of nitrogens with one attached hydrogen (secondary N) is 1. The van der Waals surface area contributed by atoms with Crippen molar-refractivity contribution in [3.05, 3.63) is 64.8 Å². The first-order valence-corrected chi connectivity index (χ1v) is 8.13. The number of aryl methyl sites for hydroxylation is 1. The molecule has 0 saturated carbocycles. The van der Waals surface area contributed by atoms with Gasteiger partial charge in [0.05, 0.1) is 12.6 Å². The fourth-order valence-corrected chi connectivity index (χ4v) is 2.92. The summed E-state index contributed by atoms with van der Waals surface area (Å²) in [6.45, 7) is 0.569. The molecule has 3 rings (SSSR count). The Bertz CT molecular complexity index is 869. The van der Waals surface area contributed by atoms with E-state index in [1.54, 1.807) is 7.11 Å². The van der Waals surface area contributed by atoms with E-state index in [9.17, 15) is 4.79 Å². The SMILES string of the molecule is COc1cccc2c1cc(C(=O)NCCc1ccc(Cl)cc1)n2C. The van der Waals surface area contributed by atoms with Crippen LogP contribution < -0.4 is 10.1 Å². The smallest absolute Gasteiger partial charge is 0.267 e. The fraction of sp³-hybridized carbons (Fsp3) is 0.211. The van der Waals surface area contributed by atoms with Gasteiger partial charge in [-0.05, 0) is 42.3 Å². The maximum absolute atomic E-state index is 12.5. The maximum atomic E-state index is 12.5. The average molecular weight is 343 g/mol. The highest BCUT2D eigenvalue weighted by atomic mass is 35.5. The summed E-state index contributed by atoms with van der Waals surface area (Å²) in [5, 5.41) is 4.62. The quantitative estimate of drug-likeness (QED) is 0.766. The standard InChI is InChI=1S/C19H19ClN2O2/c1-22-16-4-3-5-18(24-2)15(16)12-17(22)19(23)21-11-10-13-6-8-14(20)9-7-13/h3-9,12H,10-11H2,1-2H3,(H,21,23). The summed E-state index contributed by atoms with van der Waals surface area (Å²) in [6.07, 6.45) is 0.760. The van der Waals surface area contributed by atoms with Crippen molar-refractivity contribution in [2.24, 2.45) is 7.05 Å². The summed E-state index contributed by atoms with van der Waals surface area (Å²) >= 11 is 5.87. The van der Waals surface area contributed by atoms with Crippen LogP contribution in [0.3, 0.4) is 0 Å². The summed E-state index contributed by atoms with van der Waals surface area (Å²) in [7, 11) is 3.52. The fourth-order valence-electron chi connectivity index (χ4n) is 2.79. The molecule has 0 atom stereocenters. The summed E-state index contributed by atoms with van der Waals surface area (Å²) < 4.78 is 7.25. The van der Waals surface area contributed by atoms with Crippen LogP contribution in [-0.2, 0) is 13.5 Å².